The van der Waals surface area contributed by atoms with Crippen molar-refractivity contribution in [1.29, 1.82) is 0 Å². The number of aliphatic hydroxyl groups is 2. The molecule has 0 spiro atoms. The molecule has 112 valence electrons. The van der Waals surface area contributed by atoms with Gasteiger partial charge in [-0.3, -0.25) is 0 Å². The molecule has 2 aromatic carbocycles. The monoisotopic (exact) mass is 288 g/mol. The number of aromatic hydroxyl groups is 2. The maximum Gasteiger partial charge on any atom is 0.126 e. The third-order valence-corrected chi connectivity index (χ3v) is 3.92. The van der Waals surface area contributed by atoms with Gasteiger partial charge < -0.3 is 20.4 Å². The van der Waals surface area contributed by atoms with E-state index in [1.807, 2.05) is 26.0 Å². The Morgan fingerprint density at radius 2 is 1.29 bits per heavy atom. The van der Waals surface area contributed by atoms with E-state index in [2.05, 4.69) is 0 Å². The second-order valence-corrected chi connectivity index (χ2v) is 5.63. The fraction of sp³-hybridized carbons (Fsp3) is 0.294. The standard InChI is InChI=1S/C17H20O4/c1-17(2,13-3-5-15(20)6-4-13)14-7-11(9-18)16(21)12(8-14)10-19/h3-8,18-21H,9-10H2,1-2H3. The second-order valence-electron chi connectivity index (χ2n) is 5.63. The molecule has 4 nitrogen and oxygen atoms in total. The van der Waals surface area contributed by atoms with E-state index in [4.69, 9.17) is 0 Å². The van der Waals surface area contributed by atoms with Crippen molar-refractivity contribution in [3.05, 3.63) is 58.7 Å². The van der Waals surface area contributed by atoms with Gasteiger partial charge in [0.15, 0.2) is 0 Å². The first-order valence-electron chi connectivity index (χ1n) is 6.76. The lowest BCUT2D eigenvalue weighted by molar-refractivity contribution is 0.263. The quantitative estimate of drug-likeness (QED) is 0.696. The highest BCUT2D eigenvalue weighted by Gasteiger charge is 2.25. The summed E-state index contributed by atoms with van der Waals surface area (Å²) in [4.78, 5) is 0. The summed E-state index contributed by atoms with van der Waals surface area (Å²) in [7, 11) is 0. The largest absolute Gasteiger partial charge is 0.508 e. The predicted octanol–water partition coefficient (Wildman–Crippen LogP) is 2.41. The number of phenols is 2. The van der Waals surface area contributed by atoms with E-state index in [9.17, 15) is 20.4 Å². The Labute approximate surface area is 123 Å². The van der Waals surface area contributed by atoms with Gasteiger partial charge in [-0.2, -0.15) is 0 Å². The van der Waals surface area contributed by atoms with Crippen molar-refractivity contribution in [2.45, 2.75) is 32.5 Å². The molecule has 0 radical (unpaired) electrons. The van der Waals surface area contributed by atoms with Crippen LogP contribution in [0, 0.1) is 0 Å². The number of aliphatic hydroxyl groups excluding tert-OH is 2. The molecule has 0 fully saturated rings. The summed E-state index contributed by atoms with van der Waals surface area (Å²) < 4.78 is 0. The number of benzene rings is 2. The molecule has 4 N–H and O–H groups in total. The van der Waals surface area contributed by atoms with Crippen LogP contribution in [0.15, 0.2) is 36.4 Å². The molecular formula is C17H20O4. The van der Waals surface area contributed by atoms with Crippen LogP contribution >= 0.6 is 0 Å². The van der Waals surface area contributed by atoms with Gasteiger partial charge in [-0.25, -0.2) is 0 Å². The molecule has 0 heterocycles. The van der Waals surface area contributed by atoms with Crippen molar-refractivity contribution in [1.82, 2.24) is 0 Å². The van der Waals surface area contributed by atoms with Crippen molar-refractivity contribution in [3.8, 4) is 11.5 Å². The van der Waals surface area contributed by atoms with Gasteiger partial charge in [-0.1, -0.05) is 26.0 Å². The molecule has 2 aromatic rings. The summed E-state index contributed by atoms with van der Waals surface area (Å²) in [6.45, 7) is 3.43. The van der Waals surface area contributed by atoms with Crippen LogP contribution in [0.2, 0.25) is 0 Å². The molecule has 0 aliphatic carbocycles. The van der Waals surface area contributed by atoms with Gasteiger partial charge in [0, 0.05) is 16.5 Å². The third kappa shape index (κ3) is 2.86. The Kier molecular flexibility index (Phi) is 4.21. The summed E-state index contributed by atoms with van der Waals surface area (Å²) in [5, 5.41) is 38.0. The molecule has 0 aromatic heterocycles. The normalized spacial score (nSPS) is 11.6. The van der Waals surface area contributed by atoms with E-state index in [0.717, 1.165) is 11.1 Å². The summed E-state index contributed by atoms with van der Waals surface area (Å²) >= 11 is 0. The number of rotatable bonds is 4. The highest BCUT2D eigenvalue weighted by Crippen LogP contribution is 2.36. The lowest BCUT2D eigenvalue weighted by Crippen LogP contribution is -2.19. The number of hydrogen-bond acceptors (Lipinski definition) is 4. The summed E-state index contributed by atoms with van der Waals surface area (Å²) in [5.41, 5.74) is 2.25. The van der Waals surface area contributed by atoms with Crippen LogP contribution in [-0.2, 0) is 18.6 Å². The van der Waals surface area contributed by atoms with E-state index in [1.54, 1.807) is 24.3 Å². The van der Waals surface area contributed by atoms with Crippen molar-refractivity contribution in [3.63, 3.8) is 0 Å². The minimum Gasteiger partial charge on any atom is -0.508 e. The molecule has 21 heavy (non-hydrogen) atoms. The predicted molar refractivity (Wildman–Crippen MR) is 80.2 cm³/mol. The van der Waals surface area contributed by atoms with Gasteiger partial charge in [0.2, 0.25) is 0 Å². The summed E-state index contributed by atoms with van der Waals surface area (Å²) in [5.74, 6) is 0.137. The van der Waals surface area contributed by atoms with E-state index in [-0.39, 0.29) is 24.7 Å². The Hall–Kier alpha value is -2.04. The molecule has 2 rings (SSSR count). The van der Waals surface area contributed by atoms with Gasteiger partial charge in [0.1, 0.15) is 11.5 Å². The third-order valence-electron chi connectivity index (χ3n) is 3.92. The average Bonchev–Trinajstić information content (AvgIpc) is 2.47. The molecule has 0 saturated heterocycles. The van der Waals surface area contributed by atoms with E-state index in [1.165, 1.54) is 0 Å². The minimum atomic E-state index is -0.394. The van der Waals surface area contributed by atoms with Gasteiger partial charge in [-0.05, 0) is 35.4 Å². The van der Waals surface area contributed by atoms with E-state index >= 15 is 0 Å². The first-order chi connectivity index (χ1) is 9.90. The van der Waals surface area contributed by atoms with Crippen molar-refractivity contribution in [2.75, 3.05) is 0 Å². The fourth-order valence-corrected chi connectivity index (χ4v) is 2.41. The lowest BCUT2D eigenvalue weighted by atomic mass is 9.77. The van der Waals surface area contributed by atoms with Crippen molar-refractivity contribution < 1.29 is 20.4 Å². The highest BCUT2D eigenvalue weighted by atomic mass is 16.3. The zero-order valence-corrected chi connectivity index (χ0v) is 12.2. The van der Waals surface area contributed by atoms with Crippen molar-refractivity contribution >= 4 is 0 Å². The lowest BCUT2D eigenvalue weighted by Gasteiger charge is -2.27. The number of hydrogen-bond donors (Lipinski definition) is 4. The highest BCUT2D eigenvalue weighted by molar-refractivity contribution is 5.48. The van der Waals surface area contributed by atoms with Crippen LogP contribution in [0.4, 0.5) is 0 Å². The maximum absolute atomic E-state index is 9.93. The maximum atomic E-state index is 9.93. The molecule has 0 bridgehead atoms. The molecule has 0 unspecified atom stereocenters. The Morgan fingerprint density at radius 1 is 0.810 bits per heavy atom. The van der Waals surface area contributed by atoms with Gasteiger partial charge >= 0.3 is 0 Å². The molecule has 0 aliphatic rings. The van der Waals surface area contributed by atoms with Gasteiger partial charge in [-0.15, -0.1) is 0 Å². The van der Waals surface area contributed by atoms with E-state index < -0.39 is 5.41 Å². The van der Waals surface area contributed by atoms with Crippen LogP contribution in [-0.4, -0.2) is 20.4 Å². The van der Waals surface area contributed by atoms with Crippen LogP contribution in [0.3, 0.4) is 0 Å². The smallest absolute Gasteiger partial charge is 0.126 e. The minimum absolute atomic E-state index is 0.0646. The molecule has 0 saturated carbocycles. The first kappa shape index (κ1) is 15.4. The van der Waals surface area contributed by atoms with Gasteiger partial charge in [0.05, 0.1) is 13.2 Å². The molecule has 0 amide bonds. The first-order valence-corrected chi connectivity index (χ1v) is 6.76. The van der Waals surface area contributed by atoms with Crippen molar-refractivity contribution in [2.24, 2.45) is 0 Å². The van der Waals surface area contributed by atoms with Crippen LogP contribution in [0.5, 0.6) is 11.5 Å². The SMILES string of the molecule is CC(C)(c1ccc(O)cc1)c1cc(CO)c(O)c(CO)c1. The molecule has 4 heteroatoms. The summed E-state index contributed by atoms with van der Waals surface area (Å²) in [6, 6.07) is 10.4. The topological polar surface area (TPSA) is 80.9 Å². The second kappa shape index (κ2) is 5.76. The average molecular weight is 288 g/mol. The Balaban J connectivity index is 2.56. The van der Waals surface area contributed by atoms with Gasteiger partial charge in [0.25, 0.3) is 0 Å². The fourth-order valence-electron chi connectivity index (χ4n) is 2.41. The van der Waals surface area contributed by atoms with Crippen LogP contribution in [0.1, 0.15) is 36.1 Å². The Morgan fingerprint density at radius 3 is 1.71 bits per heavy atom. The van der Waals surface area contributed by atoms with Crippen LogP contribution in [0.25, 0.3) is 0 Å². The molecule has 0 aliphatic heterocycles. The molecule has 0 atom stereocenters. The number of phenolic OH excluding ortho intramolecular Hbond substituents is 1. The molecular weight excluding hydrogens is 268 g/mol. The Bertz CT molecular complexity index is 605. The van der Waals surface area contributed by atoms with Crippen LogP contribution < -0.4 is 0 Å². The zero-order chi connectivity index (χ0) is 15.6. The zero-order valence-electron chi connectivity index (χ0n) is 12.2. The summed E-state index contributed by atoms with van der Waals surface area (Å²) in [6.07, 6.45) is 0. The van der Waals surface area contributed by atoms with E-state index in [0.29, 0.717) is 11.1 Å².